The number of hydrogen-bond acceptors (Lipinski definition) is 5. The predicted octanol–water partition coefficient (Wildman–Crippen LogP) is 1.46. The summed E-state index contributed by atoms with van der Waals surface area (Å²) in [6.07, 6.45) is 6.40. The molecule has 2 aromatic rings. The summed E-state index contributed by atoms with van der Waals surface area (Å²) in [6, 6.07) is 2.58. The predicted molar refractivity (Wildman–Crippen MR) is 78.5 cm³/mol. The van der Waals surface area contributed by atoms with Crippen LogP contribution in [0.15, 0.2) is 40.3 Å². The van der Waals surface area contributed by atoms with Crippen LogP contribution in [0.4, 0.5) is 0 Å². The van der Waals surface area contributed by atoms with Gasteiger partial charge in [-0.3, -0.25) is 0 Å². The summed E-state index contributed by atoms with van der Waals surface area (Å²) in [7, 11) is -1.86. The van der Waals surface area contributed by atoms with Crippen molar-refractivity contribution in [1.29, 1.82) is 0 Å². The summed E-state index contributed by atoms with van der Waals surface area (Å²) in [6.45, 7) is 1.27. The third-order valence-electron chi connectivity index (χ3n) is 3.92. The fraction of sp³-hybridized carbons (Fsp3) is 0.500. The Balaban J connectivity index is 1.90. The molecule has 1 atom stereocenters. The molecular weight excluding hydrogens is 306 g/mol. The van der Waals surface area contributed by atoms with Gasteiger partial charge in [0, 0.05) is 32.7 Å². The maximum absolute atomic E-state index is 12.5. The molecule has 1 aliphatic heterocycles. The molecule has 2 aromatic heterocycles. The number of aryl methyl sites for hydroxylation is 1. The van der Waals surface area contributed by atoms with Gasteiger partial charge in [-0.25, -0.2) is 13.4 Å². The lowest BCUT2D eigenvalue weighted by molar-refractivity contribution is 0.0550. The van der Waals surface area contributed by atoms with E-state index in [0.29, 0.717) is 19.0 Å². The molecule has 7 nitrogen and oxygen atoms in total. The molecule has 0 spiro atoms. The van der Waals surface area contributed by atoms with Crippen LogP contribution in [0.25, 0.3) is 0 Å². The van der Waals surface area contributed by atoms with Crippen molar-refractivity contribution in [3.8, 4) is 0 Å². The highest BCUT2D eigenvalue weighted by molar-refractivity contribution is 7.89. The van der Waals surface area contributed by atoms with E-state index >= 15 is 0 Å². The molecule has 1 aliphatic rings. The smallest absolute Gasteiger partial charge is 0.274 e. The van der Waals surface area contributed by atoms with Gasteiger partial charge in [0.15, 0.2) is 0 Å². The maximum atomic E-state index is 12.5. The van der Waals surface area contributed by atoms with Crippen molar-refractivity contribution in [2.45, 2.75) is 24.0 Å². The first-order chi connectivity index (χ1) is 10.6. The lowest BCUT2D eigenvalue weighted by Gasteiger charge is -2.30. The summed E-state index contributed by atoms with van der Waals surface area (Å²) in [4.78, 5) is 4.32. The Morgan fingerprint density at radius 2 is 2.18 bits per heavy atom. The number of aromatic nitrogens is 2. The highest BCUT2D eigenvalue weighted by atomic mass is 32.2. The Bertz CT molecular complexity index is 702. The van der Waals surface area contributed by atoms with Crippen LogP contribution in [-0.2, 0) is 21.8 Å². The SMILES string of the molecule is Cn1ccnc1[C@@H](NS(=O)(=O)c1ccco1)C1CCOCC1. The molecule has 0 bridgehead atoms. The maximum Gasteiger partial charge on any atom is 0.274 e. The summed E-state index contributed by atoms with van der Waals surface area (Å²) >= 11 is 0. The average Bonchev–Trinajstić information content (AvgIpc) is 3.17. The molecule has 8 heteroatoms. The van der Waals surface area contributed by atoms with Crippen molar-refractivity contribution < 1.29 is 17.6 Å². The van der Waals surface area contributed by atoms with Gasteiger partial charge in [0.2, 0.25) is 5.09 Å². The second-order valence-corrected chi connectivity index (χ2v) is 7.02. The number of rotatable bonds is 5. The van der Waals surface area contributed by atoms with Crippen LogP contribution < -0.4 is 4.72 Å². The third-order valence-corrected chi connectivity index (χ3v) is 5.24. The van der Waals surface area contributed by atoms with E-state index in [1.807, 2.05) is 17.8 Å². The molecule has 0 aromatic carbocycles. The molecule has 1 saturated heterocycles. The quantitative estimate of drug-likeness (QED) is 0.899. The number of hydrogen-bond donors (Lipinski definition) is 1. The van der Waals surface area contributed by atoms with Crippen LogP contribution in [0, 0.1) is 5.92 Å². The van der Waals surface area contributed by atoms with E-state index in [9.17, 15) is 8.42 Å². The Kier molecular flexibility index (Phi) is 4.32. The van der Waals surface area contributed by atoms with Crippen molar-refractivity contribution in [2.24, 2.45) is 13.0 Å². The molecular formula is C14H19N3O4S. The van der Waals surface area contributed by atoms with E-state index in [2.05, 4.69) is 9.71 Å². The highest BCUT2D eigenvalue weighted by Gasteiger charge is 2.33. The first-order valence-electron chi connectivity index (χ1n) is 7.19. The molecule has 3 heterocycles. The first-order valence-corrected chi connectivity index (χ1v) is 8.67. The fourth-order valence-electron chi connectivity index (χ4n) is 2.73. The van der Waals surface area contributed by atoms with E-state index in [1.165, 1.54) is 12.3 Å². The molecule has 0 unspecified atom stereocenters. The molecule has 1 N–H and O–H groups in total. The van der Waals surface area contributed by atoms with Crippen LogP contribution in [0.1, 0.15) is 24.7 Å². The monoisotopic (exact) mass is 325 g/mol. The van der Waals surface area contributed by atoms with Crippen LogP contribution in [0.2, 0.25) is 0 Å². The summed E-state index contributed by atoms with van der Waals surface area (Å²) in [5.74, 6) is 0.835. The van der Waals surface area contributed by atoms with Crippen molar-refractivity contribution in [3.63, 3.8) is 0 Å². The summed E-state index contributed by atoms with van der Waals surface area (Å²) in [5.41, 5.74) is 0. The average molecular weight is 325 g/mol. The van der Waals surface area contributed by atoms with Crippen molar-refractivity contribution >= 4 is 10.0 Å². The Morgan fingerprint density at radius 3 is 2.77 bits per heavy atom. The van der Waals surface area contributed by atoms with Gasteiger partial charge in [0.05, 0.1) is 12.3 Å². The van der Waals surface area contributed by atoms with Crippen molar-refractivity contribution in [1.82, 2.24) is 14.3 Å². The van der Waals surface area contributed by atoms with E-state index in [1.54, 1.807) is 12.3 Å². The molecule has 0 amide bonds. The molecule has 1 fully saturated rings. The molecule has 22 heavy (non-hydrogen) atoms. The zero-order valence-electron chi connectivity index (χ0n) is 12.3. The van der Waals surface area contributed by atoms with Gasteiger partial charge < -0.3 is 13.7 Å². The van der Waals surface area contributed by atoms with Gasteiger partial charge >= 0.3 is 0 Å². The van der Waals surface area contributed by atoms with Gasteiger partial charge in [-0.1, -0.05) is 0 Å². The fourth-order valence-corrected chi connectivity index (χ4v) is 3.92. The van der Waals surface area contributed by atoms with Gasteiger partial charge in [-0.05, 0) is 30.9 Å². The Morgan fingerprint density at radius 1 is 1.41 bits per heavy atom. The van der Waals surface area contributed by atoms with Crippen LogP contribution >= 0.6 is 0 Å². The topological polar surface area (TPSA) is 86.4 Å². The number of ether oxygens (including phenoxy) is 1. The van der Waals surface area contributed by atoms with Crippen LogP contribution in [0.3, 0.4) is 0 Å². The standard InChI is InChI=1S/C14H19N3O4S/c1-17-7-6-15-14(17)13(11-4-9-20-10-5-11)16-22(18,19)12-3-2-8-21-12/h2-3,6-8,11,13,16H,4-5,9-10H2,1H3/t13-/m0/s1. The second-order valence-electron chi connectivity index (χ2n) is 5.38. The van der Waals surface area contributed by atoms with E-state index < -0.39 is 16.1 Å². The summed E-state index contributed by atoms with van der Waals surface area (Å²) in [5, 5.41) is -0.0845. The number of nitrogens with zero attached hydrogens (tertiary/aromatic N) is 2. The van der Waals surface area contributed by atoms with E-state index in [4.69, 9.17) is 9.15 Å². The van der Waals surface area contributed by atoms with E-state index in [-0.39, 0.29) is 11.0 Å². The van der Waals surface area contributed by atoms with Gasteiger partial charge in [-0.2, -0.15) is 4.72 Å². The second kappa shape index (κ2) is 6.23. The van der Waals surface area contributed by atoms with Crippen molar-refractivity contribution in [3.05, 3.63) is 36.6 Å². The Labute approximate surface area is 129 Å². The number of nitrogens with one attached hydrogen (secondary N) is 1. The minimum Gasteiger partial charge on any atom is -0.452 e. The molecule has 3 rings (SSSR count). The highest BCUT2D eigenvalue weighted by Crippen LogP contribution is 2.30. The molecule has 0 radical (unpaired) electrons. The minimum absolute atomic E-state index is 0.0845. The lowest BCUT2D eigenvalue weighted by atomic mass is 9.92. The molecule has 0 saturated carbocycles. The van der Waals surface area contributed by atoms with Gasteiger partial charge in [0.25, 0.3) is 10.0 Å². The van der Waals surface area contributed by atoms with E-state index in [0.717, 1.165) is 12.8 Å². The number of imidazole rings is 1. The summed E-state index contributed by atoms with van der Waals surface area (Å²) < 4.78 is 40.0. The van der Waals surface area contributed by atoms with Gasteiger partial charge in [0.1, 0.15) is 5.82 Å². The number of furan rings is 1. The zero-order chi connectivity index (χ0) is 15.6. The Hall–Kier alpha value is -1.64. The third kappa shape index (κ3) is 3.08. The van der Waals surface area contributed by atoms with Crippen LogP contribution in [-0.4, -0.2) is 31.2 Å². The minimum atomic E-state index is -3.72. The normalized spacial score (nSPS) is 18.4. The largest absolute Gasteiger partial charge is 0.452 e. The molecule has 0 aliphatic carbocycles. The zero-order valence-corrected chi connectivity index (χ0v) is 13.1. The van der Waals surface area contributed by atoms with Gasteiger partial charge in [-0.15, -0.1) is 0 Å². The lowest BCUT2D eigenvalue weighted by Crippen LogP contribution is -2.37. The number of sulfonamides is 1. The van der Waals surface area contributed by atoms with Crippen molar-refractivity contribution in [2.75, 3.05) is 13.2 Å². The first kappa shape index (κ1) is 15.3. The molecule has 120 valence electrons. The van der Waals surface area contributed by atoms with Crippen LogP contribution in [0.5, 0.6) is 0 Å².